The number of aromatic nitrogens is 4. The van der Waals surface area contributed by atoms with Gasteiger partial charge < -0.3 is 4.42 Å². The first-order valence-corrected chi connectivity index (χ1v) is 16.9. The molecule has 0 atom stereocenters. The number of furan rings is 1. The van der Waals surface area contributed by atoms with Crippen LogP contribution in [0, 0.1) is 0 Å². The molecule has 0 fully saturated rings. The first-order chi connectivity index (χ1) is 29.4. The minimum atomic E-state index is -0.557. The van der Waals surface area contributed by atoms with Gasteiger partial charge in [0.1, 0.15) is 11.2 Å². The van der Waals surface area contributed by atoms with Crippen LogP contribution in [-0.4, -0.2) is 19.5 Å². The van der Waals surface area contributed by atoms with E-state index in [0.29, 0.717) is 11.1 Å². The first-order valence-electron chi connectivity index (χ1n) is 21.1. The summed E-state index contributed by atoms with van der Waals surface area (Å²) in [5, 5.41) is 1.66. The van der Waals surface area contributed by atoms with Crippen molar-refractivity contribution in [2.45, 2.75) is 0 Å². The van der Waals surface area contributed by atoms with Crippen molar-refractivity contribution >= 4 is 75.3 Å². The van der Waals surface area contributed by atoms with E-state index < -0.39 is 60.4 Å². The Morgan fingerprint density at radius 3 is 2.14 bits per heavy atom. The van der Waals surface area contributed by atoms with Gasteiger partial charge in [-0.1, -0.05) is 121 Å². The van der Waals surface area contributed by atoms with Gasteiger partial charge in [-0.3, -0.25) is 4.57 Å². The van der Waals surface area contributed by atoms with Gasteiger partial charge in [-0.2, -0.15) is 9.97 Å². The number of benzene rings is 7. The lowest BCUT2D eigenvalue weighted by molar-refractivity contribution is 0.673. The number of rotatable bonds is 4. The van der Waals surface area contributed by atoms with Gasteiger partial charge in [-0.15, -0.1) is 11.3 Å². The summed E-state index contributed by atoms with van der Waals surface area (Å²) >= 11 is 1.63. The number of fused-ring (bicyclic) bond motifs is 10. The summed E-state index contributed by atoms with van der Waals surface area (Å²) in [5.74, 6) is 0.391. The van der Waals surface area contributed by atoms with Crippen LogP contribution >= 0.6 is 11.3 Å². The minimum absolute atomic E-state index is 0.00715. The van der Waals surface area contributed by atoms with Crippen molar-refractivity contribution in [2.24, 2.45) is 0 Å². The van der Waals surface area contributed by atoms with E-state index in [-0.39, 0.29) is 61.3 Å². The van der Waals surface area contributed by atoms with Gasteiger partial charge in [0.15, 0.2) is 11.6 Å². The Balaban J connectivity index is 1.30. The highest BCUT2D eigenvalue weighted by molar-refractivity contribution is 7.25. The van der Waals surface area contributed by atoms with Crippen molar-refractivity contribution in [1.29, 1.82) is 0 Å². The number of nitrogens with zero attached hydrogens (tertiary/aromatic N) is 4. The van der Waals surface area contributed by atoms with E-state index >= 15 is 0 Å². The molecule has 11 rings (SSSR count). The molecule has 6 heteroatoms. The van der Waals surface area contributed by atoms with Crippen molar-refractivity contribution in [3.05, 3.63) is 157 Å². The third-order valence-electron chi connectivity index (χ3n) is 9.19. The maximum absolute atomic E-state index is 9.57. The molecule has 0 radical (unpaired) electrons. The molecule has 4 aromatic heterocycles. The van der Waals surface area contributed by atoms with Gasteiger partial charge in [-0.25, -0.2) is 4.98 Å². The average molecular weight is 681 g/mol. The highest BCUT2D eigenvalue weighted by atomic mass is 32.1. The van der Waals surface area contributed by atoms with Crippen LogP contribution in [0.2, 0.25) is 0 Å². The quantitative estimate of drug-likeness (QED) is 0.186. The second-order valence-electron chi connectivity index (χ2n) is 12.0. The Bertz CT molecular complexity index is 3720. The van der Waals surface area contributed by atoms with E-state index in [1.807, 2.05) is 97.1 Å². The molecule has 11 aromatic rings. The Morgan fingerprint density at radius 1 is 0.510 bits per heavy atom. The fourth-order valence-electron chi connectivity index (χ4n) is 6.89. The zero-order chi connectivity index (χ0) is 42.2. The predicted octanol–water partition coefficient (Wildman–Crippen LogP) is 12.2. The molecule has 51 heavy (non-hydrogen) atoms. The summed E-state index contributed by atoms with van der Waals surface area (Å²) in [4.78, 5) is 15.1. The molecule has 0 aliphatic carbocycles. The highest BCUT2D eigenvalue weighted by Crippen LogP contribution is 2.42. The van der Waals surface area contributed by atoms with Gasteiger partial charge in [0.05, 0.1) is 30.1 Å². The maximum atomic E-state index is 9.57. The number of thiophene rings is 1. The predicted molar refractivity (Wildman–Crippen MR) is 211 cm³/mol. The molecule has 0 bridgehead atoms. The van der Waals surface area contributed by atoms with E-state index in [9.17, 15) is 5.48 Å². The topological polar surface area (TPSA) is 56.7 Å². The minimum Gasteiger partial charge on any atom is -0.455 e. The fraction of sp³-hybridized carbons (Fsp3) is 0. The van der Waals surface area contributed by atoms with Gasteiger partial charge in [-0.05, 0) is 47.4 Å². The zero-order valence-electron chi connectivity index (χ0n) is 36.3. The molecule has 0 amide bonds. The molecule has 0 spiro atoms. The molecule has 0 unspecified atom stereocenters. The van der Waals surface area contributed by atoms with Crippen LogP contribution in [0.15, 0.2) is 162 Å². The summed E-state index contributed by atoms with van der Waals surface area (Å²) in [5.41, 5.74) is 2.73. The van der Waals surface area contributed by atoms with Crippen LogP contribution < -0.4 is 0 Å². The summed E-state index contributed by atoms with van der Waals surface area (Å²) in [6.07, 6.45) is 0. The lowest BCUT2D eigenvalue weighted by Crippen LogP contribution is -2.06. The number of hydrogen-bond donors (Lipinski definition) is 0. The van der Waals surface area contributed by atoms with Crippen LogP contribution in [0.25, 0.3) is 104 Å². The van der Waals surface area contributed by atoms with E-state index in [4.69, 9.17) is 27.6 Å². The molecular weight excluding hydrogens is 645 g/mol. The molecule has 0 saturated heterocycles. The Hall–Kier alpha value is -6.63. The molecular formula is C45H26N4OS. The average Bonchev–Trinajstić information content (AvgIpc) is 3.99. The van der Waals surface area contributed by atoms with Gasteiger partial charge in [0, 0.05) is 47.5 Å². The molecule has 4 heterocycles. The maximum Gasteiger partial charge on any atom is 0.238 e. The first kappa shape index (κ1) is 20.1. The molecule has 238 valence electrons. The van der Waals surface area contributed by atoms with E-state index in [1.165, 1.54) is 4.57 Å². The number of para-hydroxylation sites is 2. The summed E-state index contributed by atoms with van der Waals surface area (Å²) < 4.78 is 98.7. The van der Waals surface area contributed by atoms with Gasteiger partial charge in [0.25, 0.3) is 0 Å². The summed E-state index contributed by atoms with van der Waals surface area (Å²) in [7, 11) is 0. The Morgan fingerprint density at radius 2 is 1.24 bits per heavy atom. The monoisotopic (exact) mass is 680 g/mol. The Kier molecular flexibility index (Phi) is 4.32. The smallest absolute Gasteiger partial charge is 0.238 e. The summed E-state index contributed by atoms with van der Waals surface area (Å²) in [6.45, 7) is 0. The van der Waals surface area contributed by atoms with Crippen molar-refractivity contribution in [2.75, 3.05) is 0 Å². The van der Waals surface area contributed by atoms with Crippen molar-refractivity contribution < 1.29 is 18.1 Å². The summed E-state index contributed by atoms with van der Waals surface area (Å²) in [6, 6.07) is 26.5. The van der Waals surface area contributed by atoms with Crippen LogP contribution in [0.3, 0.4) is 0 Å². The van der Waals surface area contributed by atoms with Gasteiger partial charge in [0.2, 0.25) is 5.95 Å². The van der Waals surface area contributed by atoms with Crippen molar-refractivity contribution in [3.8, 4) is 39.9 Å². The van der Waals surface area contributed by atoms with Crippen LogP contribution in [-0.2, 0) is 0 Å². The zero-order valence-corrected chi connectivity index (χ0v) is 27.2. The third kappa shape index (κ3) is 4.30. The van der Waals surface area contributed by atoms with E-state index in [0.717, 1.165) is 31.3 Å². The van der Waals surface area contributed by atoms with E-state index in [2.05, 4.69) is 0 Å². The molecule has 0 N–H and O–H groups in total. The number of hydrogen-bond acceptors (Lipinski definition) is 5. The largest absolute Gasteiger partial charge is 0.455 e. The Labute approximate surface area is 309 Å². The van der Waals surface area contributed by atoms with E-state index in [1.54, 1.807) is 11.3 Å². The standard InChI is InChI=1S/C45H26N4OS/c1-2-11-27(12-3-1)28-21-23-29(24-22-28)43-46-44(34-16-10-20-39-40(34)33-15-6-9-19-38(33)51-39)48-45(47-43)49-35-17-7-4-14-32(35)41-36(49)26-25-31-30-13-5-8-18-37(30)50-42(31)41/h1-26H/i4D,5D,7D,8D,13D,14D,17D,18D,25D,26D. The van der Waals surface area contributed by atoms with Crippen molar-refractivity contribution in [3.63, 3.8) is 0 Å². The normalized spacial score (nSPS) is 14.7. The highest BCUT2D eigenvalue weighted by Gasteiger charge is 2.22. The van der Waals surface area contributed by atoms with Crippen LogP contribution in [0.4, 0.5) is 0 Å². The second kappa shape index (κ2) is 10.9. The lowest BCUT2D eigenvalue weighted by Gasteiger charge is -2.12. The van der Waals surface area contributed by atoms with Crippen LogP contribution in [0.5, 0.6) is 0 Å². The second-order valence-corrected chi connectivity index (χ2v) is 13.1. The molecule has 5 nitrogen and oxygen atoms in total. The third-order valence-corrected chi connectivity index (χ3v) is 10.3. The lowest BCUT2D eigenvalue weighted by atomic mass is 10.0. The fourth-order valence-corrected chi connectivity index (χ4v) is 8.02. The molecule has 0 aliphatic heterocycles. The molecule has 0 saturated carbocycles. The van der Waals surface area contributed by atoms with Gasteiger partial charge >= 0.3 is 0 Å². The molecule has 0 aliphatic rings. The SMILES string of the molecule is [2H]c1c([2H])c([2H])c2c(oc3c2c([2H])c([2H])c2c3c3c([2H])c([2H])c([2H])c([2H])c3n2-c2nc(-c3ccc(-c4ccccc4)cc3)nc(-c3cccc4sc5ccccc5c34)n2)c1[2H]. The molecule has 7 aromatic carbocycles. The van der Waals surface area contributed by atoms with Crippen molar-refractivity contribution in [1.82, 2.24) is 19.5 Å². The van der Waals surface area contributed by atoms with Crippen LogP contribution in [0.1, 0.15) is 13.7 Å².